The third-order valence-corrected chi connectivity index (χ3v) is 5.34. The first kappa shape index (κ1) is 17.0. The van der Waals surface area contributed by atoms with E-state index in [9.17, 15) is 13.2 Å². The molecule has 1 aliphatic rings. The second-order valence-electron chi connectivity index (χ2n) is 6.61. The molecule has 2 N–H and O–H groups in total. The number of hydrogen-bond donors (Lipinski definition) is 2. The van der Waals surface area contributed by atoms with Crippen molar-refractivity contribution in [3.8, 4) is 0 Å². The van der Waals surface area contributed by atoms with Gasteiger partial charge in [0.05, 0.1) is 10.9 Å². The largest absolute Gasteiger partial charge is 0.351 e. The Balaban J connectivity index is 1.96. The van der Waals surface area contributed by atoms with Gasteiger partial charge < -0.3 is 10.6 Å². The zero-order valence-corrected chi connectivity index (χ0v) is 14.2. The molecular weight excluding hydrogens is 300 g/mol. The predicted octanol–water partition coefficient (Wildman–Crippen LogP) is 1.48. The third-order valence-electron chi connectivity index (χ3n) is 4.21. The van der Waals surface area contributed by atoms with E-state index >= 15 is 0 Å². The molecular formula is C16H24N2O3S. The number of sulfone groups is 1. The fourth-order valence-electron chi connectivity index (χ4n) is 2.80. The van der Waals surface area contributed by atoms with E-state index in [1.165, 1.54) is 6.26 Å². The van der Waals surface area contributed by atoms with Gasteiger partial charge in [0.2, 0.25) is 5.91 Å². The van der Waals surface area contributed by atoms with Gasteiger partial charge in [-0.1, -0.05) is 26.0 Å². The van der Waals surface area contributed by atoms with Gasteiger partial charge in [-0.15, -0.1) is 0 Å². The van der Waals surface area contributed by atoms with Gasteiger partial charge in [0.25, 0.3) is 0 Å². The molecule has 1 heterocycles. The van der Waals surface area contributed by atoms with Crippen molar-refractivity contribution in [2.75, 3.05) is 12.8 Å². The summed E-state index contributed by atoms with van der Waals surface area (Å²) in [6.07, 6.45) is 3.30. The summed E-state index contributed by atoms with van der Waals surface area (Å²) in [5.74, 6) is -0.00288. The Kier molecular flexibility index (Phi) is 4.92. The molecule has 0 radical (unpaired) electrons. The summed E-state index contributed by atoms with van der Waals surface area (Å²) in [7, 11) is -3.18. The Morgan fingerprint density at radius 3 is 2.50 bits per heavy atom. The monoisotopic (exact) mass is 324 g/mol. The lowest BCUT2D eigenvalue weighted by molar-refractivity contribution is -0.126. The molecule has 2 rings (SSSR count). The molecule has 22 heavy (non-hydrogen) atoms. The van der Waals surface area contributed by atoms with Crippen LogP contribution in [0.2, 0.25) is 0 Å². The molecule has 1 aromatic rings. The van der Waals surface area contributed by atoms with E-state index in [-0.39, 0.29) is 22.3 Å². The van der Waals surface area contributed by atoms with Crippen LogP contribution in [-0.2, 0) is 21.2 Å². The fourth-order valence-corrected chi connectivity index (χ4v) is 3.43. The molecule has 1 atom stereocenters. The Bertz CT molecular complexity index is 636. The van der Waals surface area contributed by atoms with E-state index in [4.69, 9.17) is 0 Å². The van der Waals surface area contributed by atoms with Gasteiger partial charge in [-0.25, -0.2) is 8.42 Å². The van der Waals surface area contributed by atoms with Crippen LogP contribution in [0.4, 0.5) is 0 Å². The Morgan fingerprint density at radius 2 is 1.95 bits per heavy atom. The maximum absolute atomic E-state index is 12.3. The van der Waals surface area contributed by atoms with Gasteiger partial charge in [0.1, 0.15) is 0 Å². The minimum Gasteiger partial charge on any atom is -0.351 e. The highest BCUT2D eigenvalue weighted by Gasteiger charge is 2.36. The minimum atomic E-state index is -3.18. The first-order valence-corrected chi connectivity index (χ1v) is 9.39. The lowest BCUT2D eigenvalue weighted by atomic mass is 9.77. The maximum atomic E-state index is 12.3. The normalized spacial score (nSPS) is 21.3. The van der Waals surface area contributed by atoms with Crippen molar-refractivity contribution in [3.63, 3.8) is 0 Å². The van der Waals surface area contributed by atoms with Gasteiger partial charge in [0.15, 0.2) is 9.84 Å². The molecule has 1 amide bonds. The highest BCUT2D eigenvalue weighted by molar-refractivity contribution is 7.90. The van der Waals surface area contributed by atoms with Crippen LogP contribution < -0.4 is 10.6 Å². The first-order valence-electron chi connectivity index (χ1n) is 7.50. The molecule has 1 fully saturated rings. The molecule has 1 unspecified atom stereocenters. The van der Waals surface area contributed by atoms with Crippen molar-refractivity contribution in [2.45, 2.75) is 44.2 Å². The Morgan fingerprint density at radius 1 is 1.32 bits per heavy atom. The average molecular weight is 324 g/mol. The third kappa shape index (κ3) is 4.08. The number of rotatable bonds is 4. The van der Waals surface area contributed by atoms with Crippen LogP contribution in [0.3, 0.4) is 0 Å². The van der Waals surface area contributed by atoms with Crippen LogP contribution in [0.25, 0.3) is 0 Å². The summed E-state index contributed by atoms with van der Waals surface area (Å²) >= 11 is 0. The smallest absolute Gasteiger partial charge is 0.237 e. The second-order valence-corrected chi connectivity index (χ2v) is 8.63. The van der Waals surface area contributed by atoms with Crippen LogP contribution >= 0.6 is 0 Å². The zero-order chi connectivity index (χ0) is 16.4. The Labute approximate surface area is 132 Å². The number of amides is 1. The van der Waals surface area contributed by atoms with Crippen molar-refractivity contribution in [1.29, 1.82) is 0 Å². The van der Waals surface area contributed by atoms with Gasteiger partial charge in [-0.3, -0.25) is 4.79 Å². The molecule has 1 saturated heterocycles. The van der Waals surface area contributed by atoms with Crippen molar-refractivity contribution >= 4 is 15.7 Å². The number of nitrogens with one attached hydrogen (secondary N) is 2. The number of carbonyl (C=O) groups excluding carboxylic acids is 1. The van der Waals surface area contributed by atoms with Crippen molar-refractivity contribution < 1.29 is 13.2 Å². The second kappa shape index (κ2) is 6.38. The van der Waals surface area contributed by atoms with E-state index in [1.54, 1.807) is 24.3 Å². The number of hydrogen-bond acceptors (Lipinski definition) is 4. The van der Waals surface area contributed by atoms with Crippen LogP contribution in [0.15, 0.2) is 29.2 Å². The van der Waals surface area contributed by atoms with Crippen molar-refractivity contribution in [3.05, 3.63) is 29.8 Å². The summed E-state index contributed by atoms with van der Waals surface area (Å²) in [6, 6.07) is 6.42. The summed E-state index contributed by atoms with van der Waals surface area (Å²) in [5, 5.41) is 6.21. The summed E-state index contributed by atoms with van der Waals surface area (Å²) in [4.78, 5) is 12.6. The molecule has 0 aromatic heterocycles. The maximum Gasteiger partial charge on any atom is 0.237 e. The first-order chi connectivity index (χ1) is 10.2. The molecule has 122 valence electrons. The van der Waals surface area contributed by atoms with E-state index in [0.29, 0.717) is 6.54 Å². The molecule has 0 bridgehead atoms. The fraction of sp³-hybridized carbons (Fsp3) is 0.562. The molecule has 0 aliphatic carbocycles. The van der Waals surface area contributed by atoms with Gasteiger partial charge in [-0.05, 0) is 42.5 Å². The summed E-state index contributed by atoms with van der Waals surface area (Å²) < 4.78 is 22.8. The molecule has 0 spiro atoms. The summed E-state index contributed by atoms with van der Waals surface area (Å²) in [5.41, 5.74) is 0.831. The zero-order valence-electron chi connectivity index (χ0n) is 13.3. The van der Waals surface area contributed by atoms with E-state index < -0.39 is 9.84 Å². The topological polar surface area (TPSA) is 75.3 Å². The molecule has 1 aromatic carbocycles. The van der Waals surface area contributed by atoms with Crippen LogP contribution in [-0.4, -0.2) is 33.2 Å². The SMILES string of the molecule is CC1(C)CCCNC1C(=O)NCc1ccc(S(C)(=O)=O)cc1. The predicted molar refractivity (Wildman–Crippen MR) is 86.2 cm³/mol. The van der Waals surface area contributed by atoms with E-state index in [1.807, 2.05) is 0 Å². The Hall–Kier alpha value is -1.40. The summed E-state index contributed by atoms with van der Waals surface area (Å²) in [6.45, 7) is 5.47. The number of benzene rings is 1. The van der Waals surface area contributed by atoms with Gasteiger partial charge in [0, 0.05) is 12.8 Å². The van der Waals surface area contributed by atoms with E-state index in [0.717, 1.165) is 24.9 Å². The quantitative estimate of drug-likeness (QED) is 0.880. The van der Waals surface area contributed by atoms with Crippen molar-refractivity contribution in [1.82, 2.24) is 10.6 Å². The average Bonchev–Trinajstić information content (AvgIpc) is 2.44. The van der Waals surface area contributed by atoms with E-state index in [2.05, 4.69) is 24.5 Å². The van der Waals surface area contributed by atoms with Crippen LogP contribution in [0, 0.1) is 5.41 Å². The standard InChI is InChI=1S/C16H24N2O3S/c1-16(2)9-4-10-17-14(16)15(19)18-11-12-5-7-13(8-6-12)22(3,20)21/h5-8,14,17H,4,9-11H2,1-3H3,(H,18,19). The highest BCUT2D eigenvalue weighted by Crippen LogP contribution is 2.30. The lowest BCUT2D eigenvalue weighted by Gasteiger charge is -2.38. The molecule has 0 saturated carbocycles. The molecule has 6 heteroatoms. The number of piperidine rings is 1. The molecule has 5 nitrogen and oxygen atoms in total. The highest BCUT2D eigenvalue weighted by atomic mass is 32.2. The number of carbonyl (C=O) groups is 1. The van der Waals surface area contributed by atoms with Crippen LogP contribution in [0.1, 0.15) is 32.3 Å². The van der Waals surface area contributed by atoms with Crippen molar-refractivity contribution in [2.24, 2.45) is 5.41 Å². The van der Waals surface area contributed by atoms with Gasteiger partial charge in [-0.2, -0.15) is 0 Å². The van der Waals surface area contributed by atoms with Gasteiger partial charge >= 0.3 is 0 Å². The minimum absolute atomic E-state index is 0.00288. The molecule has 1 aliphatic heterocycles. The van der Waals surface area contributed by atoms with Crippen LogP contribution in [0.5, 0.6) is 0 Å². The lowest BCUT2D eigenvalue weighted by Crippen LogP contribution is -2.55.